The average Bonchev–Trinajstić information content (AvgIpc) is 3.05. The van der Waals surface area contributed by atoms with Gasteiger partial charge >= 0.3 is 0 Å². The van der Waals surface area contributed by atoms with E-state index in [0.717, 1.165) is 25.9 Å². The molecule has 1 aromatic heterocycles. The molecule has 3 atom stereocenters. The van der Waals surface area contributed by atoms with Crippen LogP contribution in [0.4, 0.5) is 0 Å². The number of aryl methyl sites for hydroxylation is 1. The van der Waals surface area contributed by atoms with Crippen LogP contribution in [-0.4, -0.2) is 41.3 Å². The van der Waals surface area contributed by atoms with Crippen molar-refractivity contribution < 1.29 is 5.11 Å². The lowest BCUT2D eigenvalue weighted by Gasteiger charge is -2.42. The Hall–Kier alpha value is -0.420. The predicted molar refractivity (Wildman–Crippen MR) is 98.1 cm³/mol. The van der Waals surface area contributed by atoms with Crippen molar-refractivity contribution in [3.05, 3.63) is 21.9 Å². The van der Waals surface area contributed by atoms with Crippen LogP contribution in [0.25, 0.3) is 0 Å². The number of likely N-dealkylation sites (tertiary alicyclic amines) is 1. The zero-order valence-corrected chi connectivity index (χ0v) is 15.4. The van der Waals surface area contributed by atoms with Crippen molar-refractivity contribution in [2.45, 2.75) is 83.0 Å². The van der Waals surface area contributed by atoms with E-state index in [9.17, 15) is 5.11 Å². The maximum absolute atomic E-state index is 10.3. The Morgan fingerprint density at radius 1 is 1.22 bits per heavy atom. The molecule has 4 heteroatoms. The SMILES string of the molecule is CCc1ccc(C(C)NC2CCN(C3CCCCC3O)CC2)s1. The van der Waals surface area contributed by atoms with Crippen LogP contribution in [0.3, 0.4) is 0 Å². The van der Waals surface area contributed by atoms with E-state index in [1.54, 1.807) is 0 Å². The largest absolute Gasteiger partial charge is 0.391 e. The van der Waals surface area contributed by atoms with E-state index in [0.29, 0.717) is 18.1 Å². The number of rotatable bonds is 5. The lowest BCUT2D eigenvalue weighted by atomic mass is 9.89. The summed E-state index contributed by atoms with van der Waals surface area (Å²) in [7, 11) is 0. The van der Waals surface area contributed by atoms with E-state index in [1.165, 1.54) is 41.9 Å². The second-order valence-electron chi connectivity index (χ2n) is 7.28. The van der Waals surface area contributed by atoms with Gasteiger partial charge in [0.1, 0.15) is 0 Å². The molecule has 0 radical (unpaired) electrons. The molecule has 3 nitrogen and oxygen atoms in total. The molecule has 1 aromatic rings. The van der Waals surface area contributed by atoms with Crippen molar-refractivity contribution in [3.8, 4) is 0 Å². The van der Waals surface area contributed by atoms with Crippen LogP contribution in [0.5, 0.6) is 0 Å². The van der Waals surface area contributed by atoms with E-state index in [2.05, 4.69) is 36.2 Å². The minimum atomic E-state index is -0.0919. The molecule has 1 aliphatic carbocycles. The monoisotopic (exact) mass is 336 g/mol. The number of hydrogen-bond donors (Lipinski definition) is 2. The summed E-state index contributed by atoms with van der Waals surface area (Å²) in [5.74, 6) is 0. The van der Waals surface area contributed by atoms with E-state index in [-0.39, 0.29) is 6.10 Å². The fraction of sp³-hybridized carbons (Fsp3) is 0.789. The first-order chi connectivity index (χ1) is 11.2. The van der Waals surface area contributed by atoms with E-state index in [4.69, 9.17) is 0 Å². The molecule has 1 saturated heterocycles. The number of nitrogens with one attached hydrogen (secondary N) is 1. The van der Waals surface area contributed by atoms with Crippen molar-refractivity contribution in [3.63, 3.8) is 0 Å². The molecule has 3 unspecified atom stereocenters. The summed E-state index contributed by atoms with van der Waals surface area (Å²) in [6.45, 7) is 6.79. The number of hydrogen-bond acceptors (Lipinski definition) is 4. The lowest BCUT2D eigenvalue weighted by molar-refractivity contribution is 0.00673. The summed E-state index contributed by atoms with van der Waals surface area (Å²) in [5.41, 5.74) is 0. The normalized spacial score (nSPS) is 28.8. The van der Waals surface area contributed by atoms with Gasteiger partial charge in [0.15, 0.2) is 0 Å². The Morgan fingerprint density at radius 2 is 1.96 bits per heavy atom. The topological polar surface area (TPSA) is 35.5 Å². The highest BCUT2D eigenvalue weighted by Gasteiger charge is 2.31. The molecule has 3 rings (SSSR count). The van der Waals surface area contributed by atoms with Gasteiger partial charge < -0.3 is 10.4 Å². The molecule has 1 aliphatic heterocycles. The second kappa shape index (κ2) is 8.11. The first-order valence-electron chi connectivity index (χ1n) is 9.44. The Labute approximate surface area is 145 Å². The molecule has 23 heavy (non-hydrogen) atoms. The van der Waals surface area contributed by atoms with Gasteiger partial charge in [0.2, 0.25) is 0 Å². The smallest absolute Gasteiger partial charge is 0.0695 e. The van der Waals surface area contributed by atoms with E-state index in [1.807, 2.05) is 11.3 Å². The molecule has 2 aliphatic rings. The third-order valence-corrected chi connectivity index (χ3v) is 7.05. The van der Waals surface area contributed by atoms with Crippen LogP contribution < -0.4 is 5.32 Å². The summed E-state index contributed by atoms with van der Waals surface area (Å²) in [5, 5.41) is 14.1. The summed E-state index contributed by atoms with van der Waals surface area (Å²) >= 11 is 1.95. The van der Waals surface area contributed by atoms with Gasteiger partial charge in [-0.3, -0.25) is 4.90 Å². The number of aliphatic hydroxyl groups excluding tert-OH is 1. The highest BCUT2D eigenvalue weighted by Crippen LogP contribution is 2.28. The van der Waals surface area contributed by atoms with Crippen LogP contribution in [0.15, 0.2) is 12.1 Å². The van der Waals surface area contributed by atoms with Crippen LogP contribution in [0.2, 0.25) is 0 Å². The zero-order chi connectivity index (χ0) is 16.2. The Kier molecular flexibility index (Phi) is 6.13. The van der Waals surface area contributed by atoms with Crippen LogP contribution in [0.1, 0.15) is 68.2 Å². The number of nitrogens with zero attached hydrogens (tertiary/aromatic N) is 1. The standard InChI is InChI=1S/C19H32N2OS/c1-3-16-8-9-19(23-16)14(2)20-15-10-12-21(13-11-15)17-6-4-5-7-18(17)22/h8-9,14-15,17-18,20,22H,3-7,10-13H2,1-2H3. The highest BCUT2D eigenvalue weighted by molar-refractivity contribution is 7.12. The van der Waals surface area contributed by atoms with Gasteiger partial charge in [-0.1, -0.05) is 19.8 Å². The van der Waals surface area contributed by atoms with Crippen molar-refractivity contribution >= 4 is 11.3 Å². The zero-order valence-electron chi connectivity index (χ0n) is 14.6. The van der Waals surface area contributed by atoms with Crippen LogP contribution >= 0.6 is 11.3 Å². The molecule has 1 saturated carbocycles. The van der Waals surface area contributed by atoms with Crippen molar-refractivity contribution in [1.82, 2.24) is 10.2 Å². The minimum absolute atomic E-state index is 0.0919. The Morgan fingerprint density at radius 3 is 2.61 bits per heavy atom. The summed E-state index contributed by atoms with van der Waals surface area (Å²) in [6, 6.07) is 6.05. The van der Waals surface area contributed by atoms with E-state index < -0.39 is 0 Å². The van der Waals surface area contributed by atoms with Gasteiger partial charge in [0.25, 0.3) is 0 Å². The molecule has 0 aromatic carbocycles. The minimum Gasteiger partial charge on any atom is -0.391 e. The molecule has 2 N–H and O–H groups in total. The average molecular weight is 337 g/mol. The highest BCUT2D eigenvalue weighted by atomic mass is 32.1. The molecule has 0 amide bonds. The third-order valence-electron chi connectivity index (χ3n) is 5.64. The molecular formula is C19H32N2OS. The summed E-state index contributed by atoms with van der Waals surface area (Å²) in [6.07, 6.45) is 8.13. The maximum atomic E-state index is 10.3. The fourth-order valence-electron chi connectivity index (χ4n) is 4.17. The Balaban J connectivity index is 1.47. The van der Waals surface area contributed by atoms with Crippen molar-refractivity contribution in [2.75, 3.05) is 13.1 Å². The van der Waals surface area contributed by atoms with Gasteiger partial charge in [-0.25, -0.2) is 0 Å². The fourth-order valence-corrected chi connectivity index (χ4v) is 5.13. The second-order valence-corrected chi connectivity index (χ2v) is 8.48. The summed E-state index contributed by atoms with van der Waals surface area (Å²) < 4.78 is 0. The van der Waals surface area contributed by atoms with Crippen molar-refractivity contribution in [1.29, 1.82) is 0 Å². The quantitative estimate of drug-likeness (QED) is 0.860. The van der Waals surface area contributed by atoms with Crippen LogP contribution in [0, 0.1) is 0 Å². The van der Waals surface area contributed by atoms with Crippen LogP contribution in [-0.2, 0) is 6.42 Å². The van der Waals surface area contributed by atoms with Gasteiger partial charge in [-0.05, 0) is 51.2 Å². The van der Waals surface area contributed by atoms with E-state index >= 15 is 0 Å². The van der Waals surface area contributed by atoms with Gasteiger partial charge in [0, 0.05) is 41.0 Å². The summed E-state index contributed by atoms with van der Waals surface area (Å²) in [4.78, 5) is 5.49. The van der Waals surface area contributed by atoms with Gasteiger partial charge in [-0.2, -0.15) is 0 Å². The maximum Gasteiger partial charge on any atom is 0.0695 e. The van der Waals surface area contributed by atoms with Gasteiger partial charge in [-0.15, -0.1) is 11.3 Å². The Bertz CT molecular complexity index is 481. The number of thiophene rings is 1. The predicted octanol–water partition coefficient (Wildman–Crippen LogP) is 3.73. The first-order valence-corrected chi connectivity index (χ1v) is 10.3. The molecule has 2 heterocycles. The molecule has 2 fully saturated rings. The molecular weight excluding hydrogens is 304 g/mol. The first kappa shape index (κ1) is 17.4. The number of piperidine rings is 1. The molecule has 0 spiro atoms. The molecule has 130 valence electrons. The third kappa shape index (κ3) is 4.36. The lowest BCUT2D eigenvalue weighted by Crippen LogP contribution is -2.51. The molecule has 0 bridgehead atoms. The van der Waals surface area contributed by atoms with Gasteiger partial charge in [0.05, 0.1) is 6.10 Å². The number of aliphatic hydroxyl groups is 1. The van der Waals surface area contributed by atoms with Crippen molar-refractivity contribution in [2.24, 2.45) is 0 Å².